The predicted octanol–water partition coefficient (Wildman–Crippen LogP) is 3.50. The predicted molar refractivity (Wildman–Crippen MR) is 89.9 cm³/mol. The molecular formula is C19H16O5. The van der Waals surface area contributed by atoms with Crippen LogP contribution in [-0.2, 0) is 6.61 Å². The first-order chi connectivity index (χ1) is 11.6. The average Bonchev–Trinajstić information content (AvgIpc) is 2.59. The molecule has 1 heterocycles. The Bertz CT molecular complexity index is 956. The van der Waals surface area contributed by atoms with E-state index >= 15 is 0 Å². The van der Waals surface area contributed by atoms with Gasteiger partial charge in [-0.25, -0.2) is 4.79 Å². The third kappa shape index (κ3) is 3.01. The summed E-state index contributed by atoms with van der Waals surface area (Å²) in [5.41, 5.74) is 2.18. The number of hydrogen-bond donors (Lipinski definition) is 0. The van der Waals surface area contributed by atoms with Crippen LogP contribution in [0.1, 0.15) is 21.5 Å². The Morgan fingerprint density at radius 2 is 2.00 bits per heavy atom. The van der Waals surface area contributed by atoms with Gasteiger partial charge in [0.05, 0.1) is 12.7 Å². The summed E-state index contributed by atoms with van der Waals surface area (Å²) in [6, 6.07) is 12.0. The van der Waals surface area contributed by atoms with Crippen molar-refractivity contribution in [1.82, 2.24) is 0 Å². The van der Waals surface area contributed by atoms with E-state index in [1.165, 1.54) is 13.2 Å². The molecule has 0 amide bonds. The minimum Gasteiger partial charge on any atom is -0.493 e. The van der Waals surface area contributed by atoms with Crippen LogP contribution in [0.15, 0.2) is 51.7 Å². The number of carbonyl (C=O) groups is 1. The Labute approximate surface area is 138 Å². The van der Waals surface area contributed by atoms with E-state index in [1.54, 1.807) is 24.3 Å². The molecule has 0 atom stereocenters. The molecule has 0 aliphatic carbocycles. The number of aldehydes is 1. The van der Waals surface area contributed by atoms with Gasteiger partial charge in [0.25, 0.3) is 0 Å². The number of benzene rings is 2. The molecule has 0 aliphatic heterocycles. The molecule has 0 saturated carbocycles. The van der Waals surface area contributed by atoms with Crippen LogP contribution in [0, 0.1) is 6.92 Å². The van der Waals surface area contributed by atoms with Gasteiger partial charge in [-0.1, -0.05) is 17.7 Å². The van der Waals surface area contributed by atoms with Gasteiger partial charge in [-0.2, -0.15) is 0 Å². The van der Waals surface area contributed by atoms with Gasteiger partial charge < -0.3 is 13.9 Å². The highest BCUT2D eigenvalue weighted by Crippen LogP contribution is 2.31. The maximum atomic E-state index is 11.7. The van der Waals surface area contributed by atoms with E-state index in [-0.39, 0.29) is 6.61 Å². The Hall–Kier alpha value is -3.08. The smallest absolute Gasteiger partial charge is 0.336 e. The molecule has 0 N–H and O–H groups in total. The molecule has 3 aromatic rings. The molecule has 0 radical (unpaired) electrons. The van der Waals surface area contributed by atoms with Crippen molar-refractivity contribution in [1.29, 1.82) is 0 Å². The zero-order valence-electron chi connectivity index (χ0n) is 13.4. The first-order valence-electron chi connectivity index (χ1n) is 7.40. The number of fused-ring (bicyclic) bond motifs is 1. The molecule has 5 heteroatoms. The molecule has 2 aromatic carbocycles. The number of carbonyl (C=O) groups excluding carboxylic acids is 1. The number of aryl methyl sites for hydroxylation is 1. The second kappa shape index (κ2) is 6.58. The van der Waals surface area contributed by atoms with Crippen molar-refractivity contribution in [3.05, 3.63) is 69.6 Å². The number of ether oxygens (including phenoxy) is 2. The quantitative estimate of drug-likeness (QED) is 0.531. The third-order valence-corrected chi connectivity index (χ3v) is 3.71. The monoisotopic (exact) mass is 324 g/mol. The van der Waals surface area contributed by atoms with Gasteiger partial charge in [-0.15, -0.1) is 0 Å². The van der Waals surface area contributed by atoms with Crippen molar-refractivity contribution >= 4 is 17.3 Å². The fourth-order valence-electron chi connectivity index (χ4n) is 2.55. The molecule has 0 saturated heterocycles. The summed E-state index contributed by atoms with van der Waals surface area (Å²) in [6.45, 7) is 2.08. The van der Waals surface area contributed by atoms with Crippen LogP contribution in [0.3, 0.4) is 0 Å². The Morgan fingerprint density at radius 3 is 2.75 bits per heavy atom. The normalized spacial score (nSPS) is 10.6. The van der Waals surface area contributed by atoms with E-state index in [1.807, 2.05) is 19.1 Å². The van der Waals surface area contributed by atoms with Crippen LogP contribution in [0.2, 0.25) is 0 Å². The lowest BCUT2D eigenvalue weighted by Gasteiger charge is -2.13. The minimum absolute atomic E-state index is 0.118. The van der Waals surface area contributed by atoms with Crippen LogP contribution < -0.4 is 15.1 Å². The molecule has 0 fully saturated rings. The second-order valence-corrected chi connectivity index (χ2v) is 5.38. The largest absolute Gasteiger partial charge is 0.493 e. The topological polar surface area (TPSA) is 65.7 Å². The van der Waals surface area contributed by atoms with E-state index in [0.717, 1.165) is 10.9 Å². The Kier molecular flexibility index (Phi) is 4.33. The van der Waals surface area contributed by atoms with Crippen LogP contribution >= 0.6 is 0 Å². The lowest BCUT2D eigenvalue weighted by molar-refractivity contribution is 0.111. The summed E-state index contributed by atoms with van der Waals surface area (Å²) in [6.07, 6.45) is 0.708. The van der Waals surface area contributed by atoms with Crippen LogP contribution in [0.5, 0.6) is 11.5 Å². The van der Waals surface area contributed by atoms with Crippen LogP contribution in [0.25, 0.3) is 11.0 Å². The molecule has 0 aliphatic rings. The fourth-order valence-corrected chi connectivity index (χ4v) is 2.55. The van der Waals surface area contributed by atoms with Gasteiger partial charge in [0.2, 0.25) is 0 Å². The standard InChI is InChI=1S/C19H16O5/c1-12-6-7-16-15(8-12)14(9-18(21)24-16)11-23-19-13(10-20)4-3-5-17(19)22-2/h3-10H,11H2,1-2H3. The van der Waals surface area contributed by atoms with Crippen molar-refractivity contribution in [3.63, 3.8) is 0 Å². The van der Waals surface area contributed by atoms with Crippen molar-refractivity contribution in [2.45, 2.75) is 13.5 Å². The highest BCUT2D eigenvalue weighted by Gasteiger charge is 2.12. The van der Waals surface area contributed by atoms with Crippen molar-refractivity contribution in [3.8, 4) is 11.5 Å². The molecule has 3 rings (SSSR count). The summed E-state index contributed by atoms with van der Waals surface area (Å²) in [7, 11) is 1.51. The molecule has 122 valence electrons. The van der Waals surface area contributed by atoms with Crippen molar-refractivity contribution in [2.24, 2.45) is 0 Å². The van der Waals surface area contributed by atoms with Gasteiger partial charge in [0.1, 0.15) is 12.2 Å². The number of methoxy groups -OCH3 is 1. The summed E-state index contributed by atoms with van der Waals surface area (Å²) >= 11 is 0. The van der Waals surface area contributed by atoms with Gasteiger partial charge in [-0.05, 0) is 31.2 Å². The lowest BCUT2D eigenvalue weighted by atomic mass is 10.1. The third-order valence-electron chi connectivity index (χ3n) is 3.71. The maximum Gasteiger partial charge on any atom is 0.336 e. The number of hydrogen-bond acceptors (Lipinski definition) is 5. The van der Waals surface area contributed by atoms with Gasteiger partial charge in [0, 0.05) is 17.0 Å². The maximum absolute atomic E-state index is 11.7. The second-order valence-electron chi connectivity index (χ2n) is 5.38. The molecule has 24 heavy (non-hydrogen) atoms. The molecule has 1 aromatic heterocycles. The molecule has 0 unspecified atom stereocenters. The van der Waals surface area contributed by atoms with E-state index in [9.17, 15) is 9.59 Å². The van der Waals surface area contributed by atoms with E-state index in [0.29, 0.717) is 34.5 Å². The Balaban J connectivity index is 2.01. The Morgan fingerprint density at radius 1 is 1.17 bits per heavy atom. The lowest BCUT2D eigenvalue weighted by Crippen LogP contribution is -2.06. The van der Waals surface area contributed by atoms with Gasteiger partial charge in [0.15, 0.2) is 17.8 Å². The van der Waals surface area contributed by atoms with E-state index in [2.05, 4.69) is 0 Å². The summed E-state index contributed by atoms with van der Waals surface area (Å²) in [5.74, 6) is 0.812. The molecular weight excluding hydrogens is 308 g/mol. The average molecular weight is 324 g/mol. The summed E-state index contributed by atoms with van der Waals surface area (Å²) in [4.78, 5) is 23.0. The molecule has 0 bridgehead atoms. The highest BCUT2D eigenvalue weighted by atomic mass is 16.5. The van der Waals surface area contributed by atoms with Crippen molar-refractivity contribution < 1.29 is 18.7 Å². The van der Waals surface area contributed by atoms with E-state index in [4.69, 9.17) is 13.9 Å². The van der Waals surface area contributed by atoms with Gasteiger partial charge in [-0.3, -0.25) is 4.79 Å². The molecule has 5 nitrogen and oxygen atoms in total. The number of rotatable bonds is 5. The fraction of sp³-hybridized carbons (Fsp3) is 0.158. The van der Waals surface area contributed by atoms with E-state index < -0.39 is 5.63 Å². The first-order valence-corrected chi connectivity index (χ1v) is 7.40. The van der Waals surface area contributed by atoms with Crippen LogP contribution in [-0.4, -0.2) is 13.4 Å². The van der Waals surface area contributed by atoms with Gasteiger partial charge >= 0.3 is 5.63 Å². The SMILES string of the molecule is COc1cccc(C=O)c1OCc1cc(=O)oc2ccc(C)cc12. The minimum atomic E-state index is -0.444. The summed E-state index contributed by atoms with van der Waals surface area (Å²) in [5, 5.41) is 0.803. The van der Waals surface area contributed by atoms with Crippen LogP contribution in [0.4, 0.5) is 0 Å². The zero-order chi connectivity index (χ0) is 17.1. The number of para-hydroxylation sites is 1. The van der Waals surface area contributed by atoms with Crippen molar-refractivity contribution in [2.75, 3.05) is 7.11 Å². The highest BCUT2D eigenvalue weighted by molar-refractivity contribution is 5.82. The zero-order valence-corrected chi connectivity index (χ0v) is 13.4. The summed E-state index contributed by atoms with van der Waals surface area (Å²) < 4.78 is 16.3. The molecule has 0 spiro atoms. The first kappa shape index (κ1) is 15.8.